The van der Waals surface area contributed by atoms with Crippen LogP contribution in [0.25, 0.3) is 0 Å². The van der Waals surface area contributed by atoms with Crippen molar-refractivity contribution in [3.8, 4) is 11.5 Å². The molecule has 0 unspecified atom stereocenters. The number of hydrogen-bond donors (Lipinski definition) is 0. The average molecular weight is 329 g/mol. The first-order valence-electron chi connectivity index (χ1n) is 7.39. The maximum atomic E-state index is 12.3. The molecule has 0 radical (unpaired) electrons. The molecule has 3 rings (SSSR count). The molecule has 1 aliphatic heterocycles. The standard InChI is InChI=1S/C18H19NO3S/c1-21-15-8-6-13(7-9-15)11-19-17(20)12-23-18(19)14-4-3-5-16(10-14)22-2/h3-10,18H,11-12H2,1-2H3/t18-/m0/s1. The lowest BCUT2D eigenvalue weighted by Crippen LogP contribution is -2.27. The van der Waals surface area contributed by atoms with Gasteiger partial charge in [0.25, 0.3) is 0 Å². The van der Waals surface area contributed by atoms with Crippen LogP contribution in [-0.4, -0.2) is 30.8 Å². The monoisotopic (exact) mass is 329 g/mol. The summed E-state index contributed by atoms with van der Waals surface area (Å²) < 4.78 is 10.5. The van der Waals surface area contributed by atoms with Crippen LogP contribution in [0, 0.1) is 0 Å². The number of hydrogen-bond acceptors (Lipinski definition) is 4. The van der Waals surface area contributed by atoms with Crippen LogP contribution in [-0.2, 0) is 11.3 Å². The molecule has 0 spiro atoms. The van der Waals surface area contributed by atoms with E-state index in [4.69, 9.17) is 9.47 Å². The Hall–Kier alpha value is -2.14. The zero-order valence-corrected chi connectivity index (χ0v) is 14.0. The van der Waals surface area contributed by atoms with Crippen molar-refractivity contribution in [1.82, 2.24) is 4.90 Å². The van der Waals surface area contributed by atoms with E-state index in [1.165, 1.54) is 0 Å². The molecule has 1 heterocycles. The van der Waals surface area contributed by atoms with Gasteiger partial charge in [0.05, 0.1) is 20.0 Å². The molecule has 0 aromatic heterocycles. The summed E-state index contributed by atoms with van der Waals surface area (Å²) in [6, 6.07) is 15.8. The van der Waals surface area contributed by atoms with E-state index in [1.54, 1.807) is 26.0 Å². The fraction of sp³-hybridized carbons (Fsp3) is 0.278. The van der Waals surface area contributed by atoms with Crippen LogP contribution >= 0.6 is 11.8 Å². The lowest BCUT2D eigenvalue weighted by molar-refractivity contribution is -0.128. The van der Waals surface area contributed by atoms with Crippen LogP contribution in [0.2, 0.25) is 0 Å². The summed E-state index contributed by atoms with van der Waals surface area (Å²) >= 11 is 1.65. The number of thioether (sulfide) groups is 1. The van der Waals surface area contributed by atoms with Crippen LogP contribution in [0.5, 0.6) is 11.5 Å². The van der Waals surface area contributed by atoms with Gasteiger partial charge in [0.15, 0.2) is 0 Å². The summed E-state index contributed by atoms with van der Waals surface area (Å²) in [5, 5.41) is 0.0275. The molecule has 0 saturated carbocycles. The topological polar surface area (TPSA) is 38.8 Å². The van der Waals surface area contributed by atoms with Crippen molar-refractivity contribution in [1.29, 1.82) is 0 Å². The average Bonchev–Trinajstić information content (AvgIpc) is 2.96. The van der Waals surface area contributed by atoms with Gasteiger partial charge in [-0.25, -0.2) is 0 Å². The highest BCUT2D eigenvalue weighted by Crippen LogP contribution is 2.40. The second kappa shape index (κ2) is 6.96. The summed E-state index contributed by atoms with van der Waals surface area (Å²) in [4.78, 5) is 14.2. The molecule has 1 amide bonds. The Kier molecular flexibility index (Phi) is 4.76. The Labute approximate surface area is 140 Å². The van der Waals surface area contributed by atoms with Crippen molar-refractivity contribution in [2.45, 2.75) is 11.9 Å². The number of amides is 1. The molecular formula is C18H19NO3S. The van der Waals surface area contributed by atoms with Crippen LogP contribution in [0.15, 0.2) is 48.5 Å². The minimum Gasteiger partial charge on any atom is -0.497 e. The molecule has 1 aliphatic rings. The van der Waals surface area contributed by atoms with Crippen LogP contribution in [0.3, 0.4) is 0 Å². The second-order valence-corrected chi connectivity index (χ2v) is 6.38. The van der Waals surface area contributed by atoms with E-state index in [2.05, 4.69) is 0 Å². The first-order valence-corrected chi connectivity index (χ1v) is 8.44. The highest BCUT2D eigenvalue weighted by atomic mass is 32.2. The smallest absolute Gasteiger partial charge is 0.234 e. The Balaban J connectivity index is 1.81. The predicted octanol–water partition coefficient (Wildman–Crippen LogP) is 3.48. The quantitative estimate of drug-likeness (QED) is 0.842. The van der Waals surface area contributed by atoms with Gasteiger partial charge in [-0.3, -0.25) is 4.79 Å². The maximum Gasteiger partial charge on any atom is 0.234 e. The minimum absolute atomic E-state index is 0.0275. The molecule has 0 aliphatic carbocycles. The van der Waals surface area contributed by atoms with Gasteiger partial charge in [-0.05, 0) is 35.4 Å². The molecule has 1 saturated heterocycles. The summed E-state index contributed by atoms with van der Waals surface area (Å²) in [5.41, 5.74) is 2.18. The molecule has 0 bridgehead atoms. The van der Waals surface area contributed by atoms with E-state index in [0.29, 0.717) is 12.3 Å². The van der Waals surface area contributed by atoms with Gasteiger partial charge in [-0.2, -0.15) is 0 Å². The molecule has 5 heteroatoms. The summed E-state index contributed by atoms with van der Waals surface area (Å²) in [7, 11) is 3.30. The van der Waals surface area contributed by atoms with Crippen LogP contribution in [0.1, 0.15) is 16.5 Å². The predicted molar refractivity (Wildman–Crippen MR) is 91.7 cm³/mol. The molecular weight excluding hydrogens is 310 g/mol. The summed E-state index contributed by atoms with van der Waals surface area (Å²) in [6.07, 6.45) is 0. The molecule has 2 aromatic carbocycles. The molecule has 1 atom stereocenters. The summed E-state index contributed by atoms with van der Waals surface area (Å²) in [6.45, 7) is 0.595. The number of benzene rings is 2. The largest absolute Gasteiger partial charge is 0.497 e. The number of nitrogens with zero attached hydrogens (tertiary/aromatic N) is 1. The molecule has 1 fully saturated rings. The number of methoxy groups -OCH3 is 2. The lowest BCUT2D eigenvalue weighted by Gasteiger charge is -2.24. The third-order valence-electron chi connectivity index (χ3n) is 3.86. The zero-order chi connectivity index (χ0) is 16.2. The van der Waals surface area contributed by atoms with Gasteiger partial charge in [-0.15, -0.1) is 11.8 Å². The molecule has 23 heavy (non-hydrogen) atoms. The molecule has 0 N–H and O–H groups in total. The van der Waals surface area contributed by atoms with Gasteiger partial charge in [0.2, 0.25) is 5.91 Å². The van der Waals surface area contributed by atoms with Crippen molar-refractivity contribution < 1.29 is 14.3 Å². The molecule has 4 nitrogen and oxygen atoms in total. The van der Waals surface area contributed by atoms with E-state index < -0.39 is 0 Å². The molecule has 120 valence electrons. The molecule has 2 aromatic rings. The van der Waals surface area contributed by atoms with E-state index in [9.17, 15) is 4.79 Å². The number of ether oxygens (including phenoxy) is 2. The van der Waals surface area contributed by atoms with Crippen LogP contribution < -0.4 is 9.47 Å². The maximum absolute atomic E-state index is 12.3. The summed E-state index contributed by atoms with van der Waals surface area (Å²) in [5.74, 6) is 2.31. The zero-order valence-electron chi connectivity index (χ0n) is 13.2. The number of rotatable bonds is 5. The Morgan fingerprint density at radius 1 is 1.09 bits per heavy atom. The van der Waals surface area contributed by atoms with Crippen molar-refractivity contribution >= 4 is 17.7 Å². The number of carbonyl (C=O) groups is 1. The van der Waals surface area contributed by atoms with Gasteiger partial charge < -0.3 is 14.4 Å². The van der Waals surface area contributed by atoms with Gasteiger partial charge >= 0.3 is 0 Å². The van der Waals surface area contributed by atoms with Crippen molar-refractivity contribution in [2.24, 2.45) is 0 Å². The third kappa shape index (κ3) is 3.45. The Morgan fingerprint density at radius 3 is 2.52 bits per heavy atom. The second-order valence-electron chi connectivity index (χ2n) is 5.31. The van der Waals surface area contributed by atoms with E-state index in [0.717, 1.165) is 22.6 Å². The highest BCUT2D eigenvalue weighted by molar-refractivity contribution is 8.00. The fourth-order valence-corrected chi connectivity index (χ4v) is 3.80. The number of carbonyl (C=O) groups excluding carboxylic acids is 1. The van der Waals surface area contributed by atoms with E-state index >= 15 is 0 Å². The minimum atomic E-state index is 0.0275. The lowest BCUT2D eigenvalue weighted by atomic mass is 10.1. The van der Waals surface area contributed by atoms with Gasteiger partial charge in [0, 0.05) is 6.54 Å². The normalized spacial score (nSPS) is 17.4. The first kappa shape index (κ1) is 15.7. The Morgan fingerprint density at radius 2 is 1.83 bits per heavy atom. The van der Waals surface area contributed by atoms with Gasteiger partial charge in [-0.1, -0.05) is 24.3 Å². The Bertz CT molecular complexity index is 687. The van der Waals surface area contributed by atoms with Crippen molar-refractivity contribution in [2.75, 3.05) is 20.0 Å². The van der Waals surface area contributed by atoms with E-state index in [1.807, 2.05) is 53.4 Å². The van der Waals surface area contributed by atoms with Crippen molar-refractivity contribution in [3.63, 3.8) is 0 Å². The van der Waals surface area contributed by atoms with Crippen LogP contribution in [0.4, 0.5) is 0 Å². The van der Waals surface area contributed by atoms with Crippen molar-refractivity contribution in [3.05, 3.63) is 59.7 Å². The fourth-order valence-electron chi connectivity index (χ4n) is 2.62. The highest BCUT2D eigenvalue weighted by Gasteiger charge is 2.32. The van der Waals surface area contributed by atoms with Gasteiger partial charge in [0.1, 0.15) is 16.9 Å². The SMILES string of the molecule is COc1ccc(CN2C(=O)CS[C@H]2c2cccc(OC)c2)cc1. The van der Waals surface area contributed by atoms with E-state index in [-0.39, 0.29) is 11.3 Å². The first-order chi connectivity index (χ1) is 11.2. The third-order valence-corrected chi connectivity index (χ3v) is 5.12.